The lowest BCUT2D eigenvalue weighted by atomic mass is 9.88. The Kier molecular flexibility index (Phi) is 9.55. The van der Waals surface area contributed by atoms with Gasteiger partial charge in [-0.15, -0.1) is 0 Å². The van der Waals surface area contributed by atoms with Crippen LogP contribution >= 0.6 is 0 Å². The predicted molar refractivity (Wildman–Crippen MR) is 223 cm³/mol. The minimum atomic E-state index is -0.247. The molecular weight excluding hydrogens is 697 g/mol. The van der Waals surface area contributed by atoms with Gasteiger partial charge in [-0.25, -0.2) is 9.97 Å². The number of para-hydroxylation sites is 2. The Hall–Kier alpha value is -5.58. The standard InChI is InChI=1S/2C23H24N4O/c2*1-23(2)13-17(9-12-28-23)21-22(25-11-10-24-21)18-14-27(15-18)20-8-7-16-5-3-4-6-19(16)26-20/h3-8,10-11,13,18H,9,12,14-15H2,1-2H3;3-11,18H,12-15H2,1-2H3. The van der Waals surface area contributed by atoms with Crippen LogP contribution in [0.5, 0.6) is 0 Å². The van der Waals surface area contributed by atoms with Gasteiger partial charge in [0, 0.05) is 80.0 Å². The molecule has 0 aliphatic carbocycles. The lowest BCUT2D eigenvalue weighted by molar-refractivity contribution is -0.00310. The van der Waals surface area contributed by atoms with Crippen LogP contribution in [0.4, 0.5) is 11.6 Å². The van der Waals surface area contributed by atoms with Gasteiger partial charge in [0.25, 0.3) is 0 Å². The molecule has 2 fully saturated rings. The number of hydrogen-bond donors (Lipinski definition) is 0. The first-order valence-corrected chi connectivity index (χ1v) is 19.7. The van der Waals surface area contributed by atoms with E-state index < -0.39 is 0 Å². The van der Waals surface area contributed by atoms with Crippen molar-refractivity contribution in [2.75, 3.05) is 49.2 Å². The highest BCUT2D eigenvalue weighted by Crippen LogP contribution is 2.38. The minimum Gasteiger partial charge on any atom is -0.371 e. The fourth-order valence-electron chi connectivity index (χ4n) is 8.20. The van der Waals surface area contributed by atoms with Gasteiger partial charge in [0.2, 0.25) is 0 Å². The normalized spacial score (nSPS) is 19.4. The van der Waals surface area contributed by atoms with E-state index in [0.717, 1.165) is 91.1 Å². The maximum absolute atomic E-state index is 5.83. The number of benzene rings is 2. The number of hydrogen-bond acceptors (Lipinski definition) is 10. The van der Waals surface area contributed by atoms with Crippen molar-refractivity contribution >= 4 is 44.6 Å². The van der Waals surface area contributed by atoms with Gasteiger partial charge in [-0.1, -0.05) is 42.5 Å². The van der Waals surface area contributed by atoms with Crippen molar-refractivity contribution in [3.05, 3.63) is 133 Å². The van der Waals surface area contributed by atoms with Crippen molar-refractivity contribution in [2.24, 2.45) is 0 Å². The monoisotopic (exact) mass is 744 g/mol. The summed E-state index contributed by atoms with van der Waals surface area (Å²) in [5.41, 5.74) is 8.46. The summed E-state index contributed by atoms with van der Waals surface area (Å²) in [7, 11) is 0. The van der Waals surface area contributed by atoms with E-state index >= 15 is 0 Å². The maximum atomic E-state index is 5.83. The fourth-order valence-corrected chi connectivity index (χ4v) is 8.20. The highest BCUT2D eigenvalue weighted by molar-refractivity contribution is 5.81. The van der Waals surface area contributed by atoms with Crippen LogP contribution in [0.1, 0.15) is 75.1 Å². The summed E-state index contributed by atoms with van der Waals surface area (Å²) < 4.78 is 11.7. The van der Waals surface area contributed by atoms with Crippen molar-refractivity contribution in [3.63, 3.8) is 0 Å². The van der Waals surface area contributed by atoms with Gasteiger partial charge in [0.15, 0.2) is 0 Å². The van der Waals surface area contributed by atoms with Gasteiger partial charge in [0.05, 0.1) is 58.2 Å². The summed E-state index contributed by atoms with van der Waals surface area (Å²) in [4.78, 5) is 33.1. The molecule has 10 heteroatoms. The molecule has 0 bridgehead atoms. The van der Waals surface area contributed by atoms with E-state index in [1.807, 2.05) is 24.3 Å². The summed E-state index contributed by atoms with van der Waals surface area (Å²) >= 11 is 0. The number of anilines is 2. The van der Waals surface area contributed by atoms with E-state index in [4.69, 9.17) is 29.4 Å². The molecule has 4 aliphatic rings. The Labute approximate surface area is 328 Å². The molecule has 6 aromatic rings. The van der Waals surface area contributed by atoms with Crippen molar-refractivity contribution in [1.82, 2.24) is 29.9 Å². The Bertz CT molecular complexity index is 2450. The van der Waals surface area contributed by atoms with E-state index in [2.05, 4.69) is 108 Å². The van der Waals surface area contributed by atoms with Crippen LogP contribution in [0.3, 0.4) is 0 Å². The summed E-state index contributed by atoms with van der Waals surface area (Å²) in [6, 6.07) is 25.0. The minimum absolute atomic E-state index is 0.153. The third-order valence-electron chi connectivity index (χ3n) is 11.2. The molecule has 56 heavy (non-hydrogen) atoms. The zero-order valence-electron chi connectivity index (χ0n) is 32.6. The summed E-state index contributed by atoms with van der Waals surface area (Å²) in [5.74, 6) is 2.83. The molecule has 284 valence electrons. The van der Waals surface area contributed by atoms with Crippen molar-refractivity contribution < 1.29 is 9.47 Å². The van der Waals surface area contributed by atoms with E-state index in [-0.39, 0.29) is 11.2 Å². The molecular formula is C46H48N8O2. The summed E-state index contributed by atoms with van der Waals surface area (Å²) in [6.45, 7) is 13.5. The summed E-state index contributed by atoms with van der Waals surface area (Å²) in [6.07, 6.45) is 13.3. The Morgan fingerprint density at radius 3 is 1.64 bits per heavy atom. The molecule has 0 N–H and O–H groups in total. The molecule has 0 amide bonds. The van der Waals surface area contributed by atoms with E-state index in [1.165, 1.54) is 21.9 Å². The lowest BCUT2D eigenvalue weighted by Gasteiger charge is -2.40. The third kappa shape index (κ3) is 7.51. The number of aromatic nitrogens is 6. The Morgan fingerprint density at radius 2 is 1.11 bits per heavy atom. The third-order valence-corrected chi connectivity index (χ3v) is 11.2. The van der Waals surface area contributed by atoms with Crippen molar-refractivity contribution in [3.8, 4) is 0 Å². The Morgan fingerprint density at radius 1 is 0.589 bits per heavy atom. The molecule has 0 saturated carbocycles. The van der Waals surface area contributed by atoms with Gasteiger partial charge < -0.3 is 19.3 Å². The molecule has 2 aromatic carbocycles. The molecule has 2 saturated heterocycles. The van der Waals surface area contributed by atoms with Gasteiger partial charge in [0.1, 0.15) is 11.6 Å². The lowest BCUT2D eigenvalue weighted by Crippen LogP contribution is -2.46. The van der Waals surface area contributed by atoms with E-state index in [1.54, 1.807) is 24.8 Å². The van der Waals surface area contributed by atoms with Crippen LogP contribution in [0.2, 0.25) is 0 Å². The van der Waals surface area contributed by atoms with Crippen LogP contribution in [0.15, 0.2) is 110 Å². The molecule has 10 rings (SSSR count). The predicted octanol–water partition coefficient (Wildman–Crippen LogP) is 8.42. The highest BCUT2D eigenvalue weighted by atomic mass is 16.5. The first-order chi connectivity index (χ1) is 27.2. The highest BCUT2D eigenvalue weighted by Gasteiger charge is 2.36. The Balaban J connectivity index is 0.000000146. The largest absolute Gasteiger partial charge is 0.371 e. The second-order valence-corrected chi connectivity index (χ2v) is 16.4. The van der Waals surface area contributed by atoms with Crippen molar-refractivity contribution in [2.45, 2.75) is 63.6 Å². The first kappa shape index (κ1) is 36.1. The quantitative estimate of drug-likeness (QED) is 0.165. The number of fused-ring (bicyclic) bond motifs is 2. The number of pyridine rings is 2. The van der Waals surface area contributed by atoms with Crippen LogP contribution in [-0.4, -0.2) is 80.5 Å². The fraction of sp³-hybridized carbons (Fsp3) is 0.348. The van der Waals surface area contributed by atoms with Crippen LogP contribution in [0, 0.1) is 0 Å². The molecule has 0 spiro atoms. The van der Waals surface area contributed by atoms with Gasteiger partial charge >= 0.3 is 0 Å². The molecule has 10 nitrogen and oxygen atoms in total. The van der Waals surface area contributed by atoms with Crippen LogP contribution < -0.4 is 9.80 Å². The molecule has 8 heterocycles. The molecule has 4 aliphatic heterocycles. The first-order valence-electron chi connectivity index (χ1n) is 19.7. The molecule has 0 unspecified atom stereocenters. The van der Waals surface area contributed by atoms with E-state index in [9.17, 15) is 0 Å². The molecule has 4 aromatic heterocycles. The average molecular weight is 745 g/mol. The smallest absolute Gasteiger partial charge is 0.129 e. The second-order valence-electron chi connectivity index (χ2n) is 16.4. The van der Waals surface area contributed by atoms with Crippen molar-refractivity contribution in [1.29, 1.82) is 0 Å². The maximum Gasteiger partial charge on any atom is 0.129 e. The van der Waals surface area contributed by atoms with Gasteiger partial charge in [-0.3, -0.25) is 19.9 Å². The second kappa shape index (κ2) is 14.8. The zero-order chi connectivity index (χ0) is 38.3. The van der Waals surface area contributed by atoms with Crippen LogP contribution in [0.25, 0.3) is 33.0 Å². The van der Waals surface area contributed by atoms with Crippen LogP contribution in [-0.2, 0) is 9.47 Å². The topological polar surface area (TPSA) is 102 Å². The SMILES string of the molecule is CC1(C)C=C(c2nccnc2C2CN(c3ccc4ccccc4n3)C2)CCO1.CC1(C)CC(c2nccnc2C2CN(c3ccc4ccccc4n3)C2)=CCO1. The molecule has 0 atom stereocenters. The number of rotatable bonds is 6. The molecule has 0 radical (unpaired) electrons. The van der Waals surface area contributed by atoms with Gasteiger partial charge in [-0.05, 0) is 87.7 Å². The average Bonchev–Trinajstić information content (AvgIpc) is 3.16. The van der Waals surface area contributed by atoms with Gasteiger partial charge in [-0.2, -0.15) is 0 Å². The number of nitrogens with zero attached hydrogens (tertiary/aromatic N) is 8. The van der Waals surface area contributed by atoms with E-state index in [0.29, 0.717) is 18.4 Å². The number of ether oxygens (including phenoxy) is 2. The summed E-state index contributed by atoms with van der Waals surface area (Å²) in [5, 5.41) is 2.35. The zero-order valence-corrected chi connectivity index (χ0v) is 32.6.